The van der Waals surface area contributed by atoms with E-state index in [1.807, 2.05) is 19.1 Å². The van der Waals surface area contributed by atoms with Crippen LogP contribution in [0.5, 0.6) is 0 Å². The van der Waals surface area contributed by atoms with Gasteiger partial charge in [-0.2, -0.15) is 4.98 Å². The highest BCUT2D eigenvalue weighted by Crippen LogP contribution is 2.28. The van der Waals surface area contributed by atoms with Crippen molar-refractivity contribution in [2.24, 2.45) is 7.05 Å². The Labute approximate surface area is 107 Å². The van der Waals surface area contributed by atoms with E-state index < -0.39 is 11.1 Å². The van der Waals surface area contributed by atoms with Crippen LogP contribution >= 0.6 is 11.8 Å². The molecule has 0 spiro atoms. The first kappa shape index (κ1) is 12.4. The maximum Gasteiger partial charge on any atom is 0.339 e. The molecule has 0 aliphatic carbocycles. The zero-order chi connectivity index (χ0) is 13.3. The van der Waals surface area contributed by atoms with Crippen molar-refractivity contribution in [1.29, 1.82) is 0 Å². The van der Waals surface area contributed by atoms with Crippen molar-refractivity contribution in [2.45, 2.75) is 17.0 Å². The Kier molecular flexibility index (Phi) is 3.24. The molecule has 0 saturated carbocycles. The molecule has 94 valence electrons. The molecule has 0 amide bonds. The third-order valence-electron chi connectivity index (χ3n) is 2.35. The highest BCUT2D eigenvalue weighted by molar-refractivity contribution is 7.99. The molecule has 0 atom stereocenters. The molecule has 0 fully saturated rings. The summed E-state index contributed by atoms with van der Waals surface area (Å²) in [5.41, 5.74) is 5.82. The molecule has 3 N–H and O–H groups in total. The van der Waals surface area contributed by atoms with Crippen LogP contribution in [-0.2, 0) is 7.05 Å². The fraction of sp³-hybridized carbons (Fsp3) is 0.182. The number of nitrogens with one attached hydrogen (secondary N) is 1. The number of anilines is 1. The summed E-state index contributed by atoms with van der Waals surface area (Å²) in [5, 5.41) is 2.82. The summed E-state index contributed by atoms with van der Waals surface area (Å²) in [6, 6.07) is 5.47. The number of benzene rings is 1. The number of hydrogen-bond donors (Lipinski definition) is 2. The summed E-state index contributed by atoms with van der Waals surface area (Å²) in [5.74, 6) is 0. The quantitative estimate of drug-likeness (QED) is 0.609. The Morgan fingerprint density at radius 3 is 2.78 bits per heavy atom. The normalized spacial score (nSPS) is 10.6. The molecule has 0 bridgehead atoms. The molecule has 0 aliphatic heterocycles. The van der Waals surface area contributed by atoms with Gasteiger partial charge >= 0.3 is 11.1 Å². The first-order valence-corrected chi connectivity index (χ1v) is 6.00. The molecule has 7 heteroatoms. The highest BCUT2D eigenvalue weighted by Gasteiger charge is 2.08. The van der Waals surface area contributed by atoms with E-state index >= 15 is 0 Å². The van der Waals surface area contributed by atoms with Crippen molar-refractivity contribution in [3.05, 3.63) is 44.5 Å². The number of nitrogen functional groups attached to an aromatic ring is 1. The number of aromatic amines is 1. The van der Waals surface area contributed by atoms with E-state index in [2.05, 4.69) is 10.1 Å². The highest BCUT2D eigenvalue weighted by atomic mass is 32.2. The summed E-state index contributed by atoms with van der Waals surface area (Å²) in [6.45, 7) is 1.92. The first-order valence-electron chi connectivity index (χ1n) is 5.18. The average molecular weight is 264 g/mol. The molecular formula is C11H12N4O2S. The van der Waals surface area contributed by atoms with Crippen LogP contribution in [0, 0.1) is 6.92 Å². The van der Waals surface area contributed by atoms with Crippen LogP contribution in [0.3, 0.4) is 0 Å². The minimum Gasteiger partial charge on any atom is -0.399 e. The average Bonchev–Trinajstić information content (AvgIpc) is 2.29. The molecule has 0 aliphatic rings. The number of hydrogen-bond acceptors (Lipinski definition) is 5. The molecule has 0 unspecified atom stereocenters. The van der Waals surface area contributed by atoms with Gasteiger partial charge in [-0.25, -0.2) is 0 Å². The molecule has 2 aromatic rings. The van der Waals surface area contributed by atoms with Crippen LogP contribution in [-0.4, -0.2) is 14.8 Å². The lowest BCUT2D eigenvalue weighted by molar-refractivity contribution is 0.596. The van der Waals surface area contributed by atoms with Crippen molar-refractivity contribution in [1.82, 2.24) is 14.8 Å². The lowest BCUT2D eigenvalue weighted by Crippen LogP contribution is -2.33. The monoisotopic (exact) mass is 264 g/mol. The fourth-order valence-electron chi connectivity index (χ4n) is 1.44. The van der Waals surface area contributed by atoms with E-state index in [1.54, 1.807) is 13.1 Å². The van der Waals surface area contributed by atoms with Crippen LogP contribution in [0.25, 0.3) is 0 Å². The maximum atomic E-state index is 11.2. The Morgan fingerprint density at radius 2 is 2.11 bits per heavy atom. The Balaban J connectivity index is 2.43. The summed E-state index contributed by atoms with van der Waals surface area (Å²) in [6.07, 6.45) is 0. The Morgan fingerprint density at radius 1 is 1.39 bits per heavy atom. The summed E-state index contributed by atoms with van der Waals surface area (Å²) in [4.78, 5) is 27.0. The molecule has 0 saturated heterocycles. The second-order valence-corrected chi connectivity index (χ2v) is 4.84. The van der Waals surface area contributed by atoms with Crippen LogP contribution in [0.2, 0.25) is 0 Å². The van der Waals surface area contributed by atoms with Gasteiger partial charge in [0.1, 0.15) is 0 Å². The van der Waals surface area contributed by atoms with E-state index in [1.165, 1.54) is 16.4 Å². The molecule has 6 nitrogen and oxygen atoms in total. The minimum absolute atomic E-state index is 0.424. The summed E-state index contributed by atoms with van der Waals surface area (Å²) in [7, 11) is 1.63. The van der Waals surface area contributed by atoms with Gasteiger partial charge in [0.2, 0.25) is 0 Å². The lowest BCUT2D eigenvalue weighted by Gasteiger charge is -2.08. The van der Waals surface area contributed by atoms with Crippen molar-refractivity contribution in [2.75, 3.05) is 5.73 Å². The number of H-pyrrole nitrogens is 1. The van der Waals surface area contributed by atoms with Gasteiger partial charge in [0.05, 0.1) is 0 Å². The topological polar surface area (TPSA) is 93.8 Å². The predicted molar refractivity (Wildman–Crippen MR) is 69.8 cm³/mol. The Bertz CT molecular complexity index is 705. The van der Waals surface area contributed by atoms with E-state index in [4.69, 9.17) is 5.73 Å². The molecule has 0 radical (unpaired) electrons. The zero-order valence-corrected chi connectivity index (χ0v) is 10.7. The van der Waals surface area contributed by atoms with Gasteiger partial charge in [-0.05, 0) is 42.4 Å². The van der Waals surface area contributed by atoms with Gasteiger partial charge in [0, 0.05) is 17.6 Å². The van der Waals surface area contributed by atoms with E-state index in [9.17, 15) is 9.59 Å². The first-order chi connectivity index (χ1) is 8.47. The van der Waals surface area contributed by atoms with Crippen LogP contribution in [0.4, 0.5) is 5.69 Å². The van der Waals surface area contributed by atoms with E-state index in [0.29, 0.717) is 10.8 Å². The van der Waals surface area contributed by atoms with Crippen LogP contribution < -0.4 is 16.9 Å². The molecule has 1 heterocycles. The van der Waals surface area contributed by atoms with Gasteiger partial charge < -0.3 is 5.73 Å². The summed E-state index contributed by atoms with van der Waals surface area (Å²) < 4.78 is 1.42. The van der Waals surface area contributed by atoms with Crippen molar-refractivity contribution < 1.29 is 0 Å². The number of nitrogens with zero attached hydrogens (tertiary/aromatic N) is 2. The number of aryl methyl sites for hydroxylation is 2. The van der Waals surface area contributed by atoms with Crippen molar-refractivity contribution in [3.63, 3.8) is 0 Å². The van der Waals surface area contributed by atoms with Gasteiger partial charge in [0.25, 0.3) is 0 Å². The van der Waals surface area contributed by atoms with Crippen LogP contribution in [0.1, 0.15) is 5.56 Å². The second kappa shape index (κ2) is 4.69. The van der Waals surface area contributed by atoms with Gasteiger partial charge in [-0.1, -0.05) is 0 Å². The fourth-order valence-corrected chi connectivity index (χ4v) is 2.30. The third-order valence-corrected chi connectivity index (χ3v) is 3.57. The van der Waals surface area contributed by atoms with Crippen molar-refractivity contribution in [3.8, 4) is 0 Å². The number of nitrogens with two attached hydrogens (primary N) is 1. The predicted octanol–water partition coefficient (Wildman–Crippen LogP) is 0.510. The van der Waals surface area contributed by atoms with E-state index in [-0.39, 0.29) is 0 Å². The standard InChI is InChI=1S/C11H12N4O2S/c1-6-5-7(12)3-4-8(6)18-11-13-9(16)10(17)14-15(11)2/h3-5H,12H2,1-2H3,(H,14,17). The minimum atomic E-state index is -0.788. The van der Waals surface area contributed by atoms with E-state index in [0.717, 1.165) is 10.5 Å². The number of rotatable bonds is 2. The molecule has 18 heavy (non-hydrogen) atoms. The Hall–Kier alpha value is -2.02. The molecule has 1 aromatic heterocycles. The third kappa shape index (κ3) is 2.45. The number of aromatic nitrogens is 3. The van der Waals surface area contributed by atoms with Gasteiger partial charge in [0.15, 0.2) is 5.16 Å². The lowest BCUT2D eigenvalue weighted by atomic mass is 10.2. The van der Waals surface area contributed by atoms with Gasteiger partial charge in [-0.15, -0.1) is 0 Å². The molecule has 2 rings (SSSR count). The second-order valence-electron chi connectivity index (χ2n) is 3.83. The summed E-state index contributed by atoms with van der Waals surface area (Å²) >= 11 is 1.30. The zero-order valence-electron chi connectivity index (χ0n) is 9.93. The molecular weight excluding hydrogens is 252 g/mol. The SMILES string of the molecule is Cc1cc(N)ccc1Sc1nc(=O)c(=O)[nH]n1C. The largest absolute Gasteiger partial charge is 0.399 e. The smallest absolute Gasteiger partial charge is 0.339 e. The molecule has 1 aromatic carbocycles. The maximum absolute atomic E-state index is 11.2. The van der Waals surface area contributed by atoms with Crippen molar-refractivity contribution >= 4 is 17.4 Å². The van der Waals surface area contributed by atoms with Crippen LogP contribution in [0.15, 0.2) is 37.8 Å². The van der Waals surface area contributed by atoms with Gasteiger partial charge in [-0.3, -0.25) is 19.4 Å².